The third-order valence-electron chi connectivity index (χ3n) is 8.04. The largest absolute Gasteiger partial charge is 0.392 e. The van der Waals surface area contributed by atoms with Gasteiger partial charge in [0.2, 0.25) is 5.91 Å². The summed E-state index contributed by atoms with van der Waals surface area (Å²) in [4.78, 5) is 20.4. The van der Waals surface area contributed by atoms with E-state index in [9.17, 15) is 9.90 Å². The van der Waals surface area contributed by atoms with Gasteiger partial charge in [0.15, 0.2) is 0 Å². The Labute approximate surface area is 193 Å². The van der Waals surface area contributed by atoms with Crippen molar-refractivity contribution in [3.8, 4) is 0 Å². The molecule has 0 bridgehead atoms. The predicted molar refractivity (Wildman–Crippen MR) is 130 cm³/mol. The maximum Gasteiger partial charge on any atom is 0.224 e. The molecule has 0 radical (unpaired) electrons. The number of hydrogen-bond acceptors (Lipinski definition) is 3. The van der Waals surface area contributed by atoms with Crippen LogP contribution in [-0.2, 0) is 17.9 Å². The normalized spacial score (nSPS) is 22.3. The third-order valence-corrected chi connectivity index (χ3v) is 8.04. The molecule has 0 atom stereocenters. The van der Waals surface area contributed by atoms with E-state index in [1.165, 1.54) is 51.4 Å². The lowest BCUT2D eigenvalue weighted by atomic mass is 9.80. The van der Waals surface area contributed by atoms with Crippen LogP contribution in [0.4, 0.5) is 0 Å². The van der Waals surface area contributed by atoms with E-state index in [2.05, 4.69) is 29.4 Å². The van der Waals surface area contributed by atoms with Crippen molar-refractivity contribution >= 4 is 16.9 Å². The first-order chi connectivity index (χ1) is 15.6. The smallest absolute Gasteiger partial charge is 0.224 e. The van der Waals surface area contributed by atoms with Crippen molar-refractivity contribution in [3.05, 3.63) is 29.6 Å². The van der Waals surface area contributed by atoms with Gasteiger partial charge < -0.3 is 14.6 Å². The second kappa shape index (κ2) is 10.8. The topological polar surface area (TPSA) is 58.4 Å². The van der Waals surface area contributed by atoms with Gasteiger partial charge in [0, 0.05) is 31.5 Å². The number of carbonyl (C=O) groups excluding carboxylic acids is 1. The van der Waals surface area contributed by atoms with Gasteiger partial charge in [-0.3, -0.25) is 4.79 Å². The Bertz CT molecular complexity index is 892. The zero-order valence-electron chi connectivity index (χ0n) is 20.1. The number of amides is 1. The predicted octanol–water partition coefficient (Wildman–Crippen LogP) is 5.78. The molecule has 2 aliphatic carbocycles. The highest BCUT2D eigenvalue weighted by Gasteiger charge is 2.28. The van der Waals surface area contributed by atoms with Gasteiger partial charge in [-0.1, -0.05) is 38.7 Å². The monoisotopic (exact) mass is 439 g/mol. The molecule has 0 aliphatic heterocycles. The summed E-state index contributed by atoms with van der Waals surface area (Å²) in [6.07, 6.45) is 12.8. The van der Waals surface area contributed by atoms with E-state index in [1.807, 2.05) is 12.1 Å². The number of aromatic nitrogens is 2. The molecular weight excluding hydrogens is 398 g/mol. The number of carbonyl (C=O) groups is 1. The van der Waals surface area contributed by atoms with Crippen LogP contribution in [0.15, 0.2) is 18.2 Å². The van der Waals surface area contributed by atoms with Gasteiger partial charge in [-0.25, -0.2) is 4.98 Å². The molecule has 0 unspecified atom stereocenters. The van der Waals surface area contributed by atoms with Crippen LogP contribution in [0.3, 0.4) is 0 Å². The van der Waals surface area contributed by atoms with Crippen LogP contribution < -0.4 is 0 Å². The van der Waals surface area contributed by atoms with Crippen LogP contribution in [0.5, 0.6) is 0 Å². The van der Waals surface area contributed by atoms with Gasteiger partial charge in [-0.05, 0) is 69.1 Å². The van der Waals surface area contributed by atoms with Crippen molar-refractivity contribution in [2.45, 2.75) is 110 Å². The number of nitrogens with zero attached hydrogens (tertiary/aromatic N) is 3. The summed E-state index contributed by atoms with van der Waals surface area (Å²) >= 11 is 0. The Morgan fingerprint density at radius 1 is 1.09 bits per heavy atom. The van der Waals surface area contributed by atoms with Crippen LogP contribution in [0.1, 0.15) is 102 Å². The number of benzene rings is 1. The number of aliphatic hydroxyl groups excluding tert-OH is 1. The lowest BCUT2D eigenvalue weighted by molar-refractivity contribution is -0.134. The molecule has 2 aliphatic rings. The quantitative estimate of drug-likeness (QED) is 0.567. The summed E-state index contributed by atoms with van der Waals surface area (Å²) in [5.74, 6) is 2.76. The molecular formula is C27H41N3O2. The highest BCUT2D eigenvalue weighted by molar-refractivity contribution is 5.79. The third kappa shape index (κ3) is 5.03. The summed E-state index contributed by atoms with van der Waals surface area (Å²) in [5.41, 5.74) is 2.95. The van der Waals surface area contributed by atoms with Crippen molar-refractivity contribution in [2.24, 2.45) is 5.92 Å². The number of fused-ring (bicyclic) bond motifs is 1. The van der Waals surface area contributed by atoms with Gasteiger partial charge >= 0.3 is 0 Å². The van der Waals surface area contributed by atoms with Gasteiger partial charge in [-0.15, -0.1) is 0 Å². The van der Waals surface area contributed by atoms with E-state index >= 15 is 0 Å². The molecule has 176 valence electrons. The van der Waals surface area contributed by atoms with E-state index in [0.717, 1.165) is 47.7 Å². The number of rotatable bonds is 8. The second-order valence-electron chi connectivity index (χ2n) is 9.95. The summed E-state index contributed by atoms with van der Waals surface area (Å²) in [6, 6.07) is 6.50. The van der Waals surface area contributed by atoms with E-state index in [-0.39, 0.29) is 12.5 Å². The Kier molecular flexibility index (Phi) is 7.88. The minimum Gasteiger partial charge on any atom is -0.392 e. The number of aryl methyl sites for hydroxylation is 1. The lowest BCUT2D eigenvalue weighted by Gasteiger charge is -2.34. The molecule has 1 heterocycles. The first-order valence-corrected chi connectivity index (χ1v) is 13.0. The molecule has 4 rings (SSSR count). The second-order valence-corrected chi connectivity index (χ2v) is 9.95. The average Bonchev–Trinajstić information content (AvgIpc) is 3.21. The highest BCUT2D eigenvalue weighted by Crippen LogP contribution is 2.38. The first-order valence-electron chi connectivity index (χ1n) is 13.0. The molecule has 1 aromatic heterocycles. The maximum atomic E-state index is 13.2. The molecule has 2 aromatic rings. The summed E-state index contributed by atoms with van der Waals surface area (Å²) in [6.45, 7) is 5.95. The number of imidazole rings is 1. The number of hydrogen-bond donors (Lipinski definition) is 1. The fourth-order valence-electron chi connectivity index (χ4n) is 6.05. The molecule has 32 heavy (non-hydrogen) atoms. The zero-order valence-corrected chi connectivity index (χ0v) is 20.1. The van der Waals surface area contributed by atoms with Crippen LogP contribution in [0, 0.1) is 5.92 Å². The van der Waals surface area contributed by atoms with Crippen molar-refractivity contribution in [3.63, 3.8) is 0 Å². The summed E-state index contributed by atoms with van der Waals surface area (Å²) < 4.78 is 2.32. The standard InChI is InChI=1S/C27H41N3O2/c1-3-20-10-13-22(14-11-20)27-28-24-18-21(19-31)12-15-25(24)30(27)17-16-26(32)29(4-2)23-8-6-5-7-9-23/h12,15,18,20,22-23,31H,3-11,13-14,16-17,19H2,1-2H3. The summed E-state index contributed by atoms with van der Waals surface area (Å²) in [7, 11) is 0. The van der Waals surface area contributed by atoms with Crippen molar-refractivity contribution in [2.75, 3.05) is 6.54 Å². The minimum absolute atomic E-state index is 0.0328. The molecule has 0 spiro atoms. The highest BCUT2D eigenvalue weighted by atomic mass is 16.3. The molecule has 1 aromatic carbocycles. The van der Waals surface area contributed by atoms with E-state index < -0.39 is 0 Å². The summed E-state index contributed by atoms with van der Waals surface area (Å²) in [5, 5.41) is 9.58. The first kappa shape index (κ1) is 23.3. The Morgan fingerprint density at radius 2 is 1.84 bits per heavy atom. The van der Waals surface area contributed by atoms with Gasteiger partial charge in [-0.2, -0.15) is 0 Å². The van der Waals surface area contributed by atoms with E-state index in [4.69, 9.17) is 4.98 Å². The maximum absolute atomic E-state index is 13.2. The van der Waals surface area contributed by atoms with Crippen molar-refractivity contribution in [1.29, 1.82) is 0 Å². The molecule has 5 heteroatoms. The van der Waals surface area contributed by atoms with Gasteiger partial charge in [0.25, 0.3) is 0 Å². The van der Waals surface area contributed by atoms with Crippen molar-refractivity contribution in [1.82, 2.24) is 14.5 Å². The molecule has 2 saturated carbocycles. The molecule has 5 nitrogen and oxygen atoms in total. The zero-order chi connectivity index (χ0) is 22.5. The number of aliphatic hydroxyl groups is 1. The van der Waals surface area contributed by atoms with Crippen LogP contribution >= 0.6 is 0 Å². The average molecular weight is 440 g/mol. The van der Waals surface area contributed by atoms with E-state index in [1.54, 1.807) is 0 Å². The van der Waals surface area contributed by atoms with Crippen molar-refractivity contribution < 1.29 is 9.90 Å². The molecule has 1 N–H and O–H groups in total. The molecule has 1 amide bonds. The SMILES string of the molecule is CCC1CCC(c2nc3cc(CO)ccc3n2CCC(=O)N(CC)C2CCCCC2)CC1. The van der Waals surface area contributed by atoms with Gasteiger partial charge in [0.1, 0.15) is 5.82 Å². The fraction of sp³-hybridized carbons (Fsp3) is 0.704. The van der Waals surface area contributed by atoms with Crippen LogP contribution in [-0.4, -0.2) is 38.1 Å². The lowest BCUT2D eigenvalue weighted by Crippen LogP contribution is -2.41. The van der Waals surface area contributed by atoms with Crippen LogP contribution in [0.25, 0.3) is 11.0 Å². The molecule has 0 saturated heterocycles. The minimum atomic E-state index is 0.0328. The Morgan fingerprint density at radius 3 is 2.50 bits per heavy atom. The van der Waals surface area contributed by atoms with E-state index in [0.29, 0.717) is 24.9 Å². The fourth-order valence-corrected chi connectivity index (χ4v) is 6.05. The Balaban J connectivity index is 1.55. The van der Waals surface area contributed by atoms with Crippen LogP contribution in [0.2, 0.25) is 0 Å². The van der Waals surface area contributed by atoms with Gasteiger partial charge in [0.05, 0.1) is 17.6 Å². The molecule has 2 fully saturated rings. The Hall–Kier alpha value is -1.88.